The van der Waals surface area contributed by atoms with E-state index in [1.807, 2.05) is 53.2 Å². The lowest BCUT2D eigenvalue weighted by atomic mass is 10.2. The largest absolute Gasteiger partial charge is 0.444 e. The number of ether oxygens (including phenoxy) is 1. The van der Waals surface area contributed by atoms with Crippen LogP contribution in [0.3, 0.4) is 0 Å². The number of anilines is 1. The fraction of sp³-hybridized carbons (Fsp3) is 0.0769. The number of carbonyl (C=O) groups is 1. The van der Waals surface area contributed by atoms with E-state index in [-0.39, 0.29) is 18.1 Å². The maximum Gasteiger partial charge on any atom is 0.414 e. The van der Waals surface area contributed by atoms with Crippen LogP contribution in [0.1, 0.15) is 5.56 Å². The van der Waals surface area contributed by atoms with Crippen molar-refractivity contribution in [2.24, 2.45) is 0 Å². The van der Waals surface area contributed by atoms with Crippen molar-refractivity contribution >= 4 is 46.1 Å². The van der Waals surface area contributed by atoms with E-state index in [4.69, 9.17) is 4.74 Å². The third kappa shape index (κ3) is 3.08. The van der Waals surface area contributed by atoms with Crippen LogP contribution in [0.25, 0.3) is 11.2 Å². The second-order valence-electron chi connectivity index (χ2n) is 4.33. The SMILES string of the molecule is O=C(Nc1nc2c(ncn2I)c(=O)[nH]1)OCc1ccccc1. The van der Waals surface area contributed by atoms with E-state index < -0.39 is 11.7 Å². The van der Waals surface area contributed by atoms with E-state index >= 15 is 0 Å². The number of hydrogen-bond donors (Lipinski definition) is 2. The molecule has 1 amide bonds. The van der Waals surface area contributed by atoms with Gasteiger partial charge in [-0.3, -0.25) is 17.9 Å². The Labute approximate surface area is 138 Å². The Kier molecular flexibility index (Phi) is 4.04. The molecule has 2 heterocycles. The Morgan fingerprint density at radius 2 is 2.14 bits per heavy atom. The molecule has 0 fully saturated rings. The molecule has 0 aliphatic heterocycles. The van der Waals surface area contributed by atoms with E-state index in [1.54, 1.807) is 2.78 Å². The average Bonchev–Trinajstić information content (AvgIpc) is 2.88. The molecule has 2 N–H and O–H groups in total. The Bertz CT molecular complexity index is 874. The van der Waals surface area contributed by atoms with Crippen LogP contribution in [0.5, 0.6) is 0 Å². The predicted octanol–water partition coefficient (Wildman–Crippen LogP) is 2.07. The lowest BCUT2D eigenvalue weighted by Gasteiger charge is -2.06. The summed E-state index contributed by atoms with van der Waals surface area (Å²) in [6.45, 7) is 0.128. The van der Waals surface area contributed by atoms with Crippen molar-refractivity contribution < 1.29 is 9.53 Å². The molecule has 0 aliphatic carbocycles. The second kappa shape index (κ2) is 6.13. The summed E-state index contributed by atoms with van der Waals surface area (Å²) in [7, 11) is 0. The lowest BCUT2D eigenvalue weighted by Crippen LogP contribution is -2.19. The Balaban J connectivity index is 1.71. The number of hydrogen-bond acceptors (Lipinski definition) is 5. The summed E-state index contributed by atoms with van der Waals surface area (Å²) in [6, 6.07) is 9.26. The van der Waals surface area contributed by atoms with Gasteiger partial charge >= 0.3 is 6.09 Å². The summed E-state index contributed by atoms with van der Waals surface area (Å²) >= 11 is 1.94. The van der Waals surface area contributed by atoms with Crippen molar-refractivity contribution in [1.29, 1.82) is 0 Å². The highest BCUT2D eigenvalue weighted by atomic mass is 127. The first-order chi connectivity index (χ1) is 10.6. The van der Waals surface area contributed by atoms with Crippen molar-refractivity contribution in [2.45, 2.75) is 6.61 Å². The minimum atomic E-state index is -0.703. The van der Waals surface area contributed by atoms with Gasteiger partial charge in [0.15, 0.2) is 11.2 Å². The Hall–Kier alpha value is -2.43. The molecular formula is C13H10IN5O3. The molecule has 0 spiro atoms. The smallest absolute Gasteiger partial charge is 0.414 e. The van der Waals surface area contributed by atoms with Crippen LogP contribution in [0.2, 0.25) is 0 Å². The molecule has 3 aromatic rings. The number of H-pyrrole nitrogens is 1. The van der Waals surface area contributed by atoms with Crippen LogP contribution in [0, 0.1) is 0 Å². The normalized spacial score (nSPS) is 10.6. The highest BCUT2D eigenvalue weighted by Gasteiger charge is 2.11. The third-order valence-electron chi connectivity index (χ3n) is 2.80. The second-order valence-corrected chi connectivity index (χ2v) is 5.37. The van der Waals surface area contributed by atoms with Crippen LogP contribution in [0.15, 0.2) is 41.5 Å². The first kappa shape index (κ1) is 14.5. The minimum Gasteiger partial charge on any atom is -0.444 e. The van der Waals surface area contributed by atoms with Crippen LogP contribution in [-0.2, 0) is 11.3 Å². The Morgan fingerprint density at radius 1 is 1.36 bits per heavy atom. The highest BCUT2D eigenvalue weighted by molar-refractivity contribution is 14.1. The maximum atomic E-state index is 11.8. The fourth-order valence-electron chi connectivity index (χ4n) is 1.80. The van der Waals surface area contributed by atoms with Crippen LogP contribution in [-0.4, -0.2) is 23.8 Å². The molecule has 0 atom stereocenters. The Morgan fingerprint density at radius 3 is 2.91 bits per heavy atom. The standard InChI is InChI=1S/C13H10IN5O3/c14-19-7-15-9-10(19)16-12(17-11(9)20)18-13(21)22-6-8-4-2-1-3-5-8/h1-5,7H,6H2,(H2,16,17,18,20,21). The minimum absolute atomic E-state index is 0.00831. The summed E-state index contributed by atoms with van der Waals surface area (Å²) < 4.78 is 6.62. The van der Waals surface area contributed by atoms with Gasteiger partial charge in [-0.2, -0.15) is 4.98 Å². The molecule has 2 aromatic heterocycles. The van der Waals surface area contributed by atoms with E-state index in [0.29, 0.717) is 5.65 Å². The first-order valence-corrected chi connectivity index (χ1v) is 7.21. The summed E-state index contributed by atoms with van der Waals surface area (Å²) in [5, 5.41) is 2.39. The van der Waals surface area contributed by atoms with Crippen LogP contribution in [0.4, 0.5) is 10.7 Å². The quantitative estimate of drug-likeness (QED) is 0.643. The molecule has 9 heteroatoms. The fourth-order valence-corrected chi connectivity index (χ4v) is 2.26. The molecule has 8 nitrogen and oxygen atoms in total. The third-order valence-corrected chi connectivity index (χ3v) is 3.51. The molecule has 0 bridgehead atoms. The summed E-state index contributed by atoms with van der Waals surface area (Å²) in [5.41, 5.74) is 0.999. The molecule has 3 rings (SSSR count). The maximum absolute atomic E-state index is 11.8. The van der Waals surface area contributed by atoms with E-state index in [1.165, 1.54) is 6.33 Å². The number of fused-ring (bicyclic) bond motifs is 1. The number of amides is 1. The zero-order valence-corrected chi connectivity index (χ0v) is 13.3. The molecule has 22 heavy (non-hydrogen) atoms. The van der Waals surface area contributed by atoms with E-state index in [9.17, 15) is 9.59 Å². The number of halogens is 1. The highest BCUT2D eigenvalue weighted by Crippen LogP contribution is 2.10. The van der Waals surface area contributed by atoms with Gasteiger partial charge in [0.2, 0.25) is 5.95 Å². The van der Waals surface area contributed by atoms with Gasteiger partial charge in [0.05, 0.1) is 22.9 Å². The van der Waals surface area contributed by atoms with Crippen molar-refractivity contribution in [3.63, 3.8) is 0 Å². The molecule has 0 radical (unpaired) electrons. The molecule has 0 unspecified atom stereocenters. The van der Waals surface area contributed by atoms with Gasteiger partial charge in [-0.1, -0.05) is 30.3 Å². The number of nitrogens with one attached hydrogen (secondary N) is 2. The average molecular weight is 411 g/mol. The van der Waals surface area contributed by atoms with Gasteiger partial charge in [-0.15, -0.1) is 0 Å². The number of imidazole rings is 1. The molecule has 0 saturated heterocycles. The van der Waals surface area contributed by atoms with Crippen LogP contribution >= 0.6 is 22.9 Å². The first-order valence-electron chi connectivity index (χ1n) is 6.25. The van der Waals surface area contributed by atoms with Crippen molar-refractivity contribution in [3.05, 3.63) is 52.6 Å². The molecule has 0 saturated carbocycles. The number of benzene rings is 1. The van der Waals surface area contributed by atoms with Gasteiger partial charge < -0.3 is 4.74 Å². The summed E-state index contributed by atoms with van der Waals surface area (Å²) in [5.74, 6) is 0.00831. The van der Waals surface area contributed by atoms with E-state index in [2.05, 4.69) is 20.3 Å². The number of rotatable bonds is 3. The monoisotopic (exact) mass is 411 g/mol. The lowest BCUT2D eigenvalue weighted by molar-refractivity contribution is 0.155. The van der Waals surface area contributed by atoms with Gasteiger partial charge in [0, 0.05) is 0 Å². The van der Waals surface area contributed by atoms with Gasteiger partial charge in [0.1, 0.15) is 12.9 Å². The van der Waals surface area contributed by atoms with Gasteiger partial charge in [-0.25, -0.2) is 9.78 Å². The molecular weight excluding hydrogens is 401 g/mol. The molecule has 112 valence electrons. The molecule has 0 aliphatic rings. The van der Waals surface area contributed by atoms with Gasteiger partial charge in [-0.05, 0) is 5.56 Å². The van der Waals surface area contributed by atoms with Crippen molar-refractivity contribution in [2.75, 3.05) is 5.32 Å². The van der Waals surface area contributed by atoms with E-state index in [0.717, 1.165) is 5.56 Å². The number of carbonyl (C=O) groups excluding carboxylic acids is 1. The van der Waals surface area contributed by atoms with Crippen molar-refractivity contribution in [3.8, 4) is 0 Å². The summed E-state index contributed by atoms with van der Waals surface area (Å²) in [6.07, 6.45) is 0.760. The zero-order valence-electron chi connectivity index (χ0n) is 11.1. The number of aromatic nitrogens is 4. The van der Waals surface area contributed by atoms with Crippen molar-refractivity contribution in [1.82, 2.24) is 17.7 Å². The number of nitrogens with zero attached hydrogens (tertiary/aromatic N) is 3. The molecule has 1 aromatic carbocycles. The zero-order chi connectivity index (χ0) is 15.5. The summed E-state index contributed by atoms with van der Waals surface area (Å²) in [4.78, 5) is 34.0. The van der Waals surface area contributed by atoms with Crippen LogP contribution < -0.4 is 10.9 Å². The predicted molar refractivity (Wildman–Crippen MR) is 87.8 cm³/mol. The number of aromatic amines is 1. The van der Waals surface area contributed by atoms with Gasteiger partial charge in [0.25, 0.3) is 5.56 Å². The topological polar surface area (TPSA) is 102 Å².